The lowest BCUT2D eigenvalue weighted by atomic mass is 9.73. The summed E-state index contributed by atoms with van der Waals surface area (Å²) in [6.45, 7) is 14.3. The van der Waals surface area contributed by atoms with E-state index < -0.39 is 35.6 Å². The molecule has 6 atom stereocenters. The number of carbonyl (C=O) groups is 2. The Balaban J connectivity index is 2.45. The summed E-state index contributed by atoms with van der Waals surface area (Å²) in [7, 11) is 0. The van der Waals surface area contributed by atoms with Crippen LogP contribution in [0.1, 0.15) is 72.9 Å². The Bertz CT molecular complexity index is 985. The number of nitrogens with zero attached hydrogens (tertiary/aromatic N) is 1. The van der Waals surface area contributed by atoms with Gasteiger partial charge in [-0.2, -0.15) is 0 Å². The first kappa shape index (κ1) is 28.7. The van der Waals surface area contributed by atoms with Gasteiger partial charge in [0.1, 0.15) is 23.8 Å². The molecule has 0 aromatic carbocycles. The Morgan fingerprint density at radius 3 is 2.43 bits per heavy atom. The molecule has 0 saturated carbocycles. The highest BCUT2D eigenvalue weighted by Crippen LogP contribution is 2.32. The average Bonchev–Trinajstić information content (AvgIpc) is 3.19. The minimum Gasteiger partial charge on any atom is -0.457 e. The standard InChI is InChI=1S/C28H41NO6/c1-16-10-9-11-17(2)25(32)20(5)27(33)28(7,8)23(30)14-24(31)35-26(18(3)12-16)19(4)13-22-15-34-21(6)29-22/h9-10,12-13,15,17-18,20,23,25-26,30,32H,11,14H2,1-8H3/b10-9+,16-12-,19-13+/t17-,18-,20+,23-,25-,26-/m0/s1. The number of rotatable bonds is 2. The SMILES string of the molecule is CC1=C/[C@H](C)[C@@H](/C(C)=C/c2coc(C)n2)OC(=O)C[C@H](O)C(C)(C)C(=O)[C@H](C)[C@@H](O)[C@@H](C)C\C=C\1. The van der Waals surface area contributed by atoms with Crippen LogP contribution in [0.4, 0.5) is 0 Å². The van der Waals surface area contributed by atoms with E-state index in [1.807, 2.05) is 52.0 Å². The molecule has 1 aliphatic heterocycles. The predicted octanol–water partition coefficient (Wildman–Crippen LogP) is 4.82. The molecule has 1 aromatic rings. The van der Waals surface area contributed by atoms with E-state index in [9.17, 15) is 19.8 Å². The number of cyclic esters (lactones) is 1. The number of carbonyl (C=O) groups excluding carboxylic acids is 2. The summed E-state index contributed by atoms with van der Waals surface area (Å²) in [5.74, 6) is -1.36. The highest BCUT2D eigenvalue weighted by atomic mass is 16.5. The lowest BCUT2D eigenvalue weighted by Gasteiger charge is -2.34. The first-order valence-corrected chi connectivity index (χ1v) is 12.3. The molecule has 7 nitrogen and oxygen atoms in total. The van der Waals surface area contributed by atoms with Crippen molar-refractivity contribution >= 4 is 17.8 Å². The van der Waals surface area contributed by atoms with Gasteiger partial charge in [-0.25, -0.2) is 4.98 Å². The molecule has 0 radical (unpaired) electrons. The van der Waals surface area contributed by atoms with Crippen molar-refractivity contribution in [3.63, 3.8) is 0 Å². The molecule has 0 unspecified atom stereocenters. The van der Waals surface area contributed by atoms with Gasteiger partial charge in [-0.05, 0) is 37.8 Å². The normalized spacial score (nSPS) is 34.1. The van der Waals surface area contributed by atoms with Crippen LogP contribution in [-0.2, 0) is 14.3 Å². The number of oxazole rings is 1. The number of Topliss-reactive ketones (excluding diaryl/α,β-unsaturated/α-hetero) is 1. The van der Waals surface area contributed by atoms with Crippen LogP contribution in [-0.4, -0.2) is 45.3 Å². The molecule has 0 amide bonds. The van der Waals surface area contributed by atoms with Crippen LogP contribution in [0.3, 0.4) is 0 Å². The molecule has 2 rings (SSSR count). The summed E-state index contributed by atoms with van der Waals surface area (Å²) in [4.78, 5) is 30.4. The van der Waals surface area contributed by atoms with E-state index in [-0.39, 0.29) is 24.0 Å². The van der Waals surface area contributed by atoms with E-state index >= 15 is 0 Å². The molecule has 0 bridgehead atoms. The van der Waals surface area contributed by atoms with Crippen LogP contribution in [0.2, 0.25) is 0 Å². The number of ketones is 1. The smallest absolute Gasteiger partial charge is 0.309 e. The Morgan fingerprint density at radius 1 is 1.17 bits per heavy atom. The zero-order valence-electron chi connectivity index (χ0n) is 22.2. The molecular formula is C28H41NO6. The van der Waals surface area contributed by atoms with Gasteiger partial charge < -0.3 is 19.4 Å². The number of aromatic nitrogens is 1. The van der Waals surface area contributed by atoms with Gasteiger partial charge in [0.2, 0.25) is 0 Å². The van der Waals surface area contributed by atoms with Crippen molar-refractivity contribution in [2.75, 3.05) is 0 Å². The topological polar surface area (TPSA) is 110 Å². The molecule has 0 saturated heterocycles. The van der Waals surface area contributed by atoms with E-state index in [2.05, 4.69) is 4.98 Å². The van der Waals surface area contributed by atoms with E-state index in [1.54, 1.807) is 34.0 Å². The van der Waals surface area contributed by atoms with E-state index in [0.717, 1.165) is 11.1 Å². The summed E-state index contributed by atoms with van der Waals surface area (Å²) >= 11 is 0. The molecule has 1 aromatic heterocycles. The van der Waals surface area contributed by atoms with Crippen LogP contribution in [0.15, 0.2) is 40.1 Å². The number of aliphatic hydroxyl groups excluding tert-OH is 2. The monoisotopic (exact) mass is 487 g/mol. The largest absolute Gasteiger partial charge is 0.457 e. The van der Waals surface area contributed by atoms with Gasteiger partial charge in [0.25, 0.3) is 0 Å². The summed E-state index contributed by atoms with van der Waals surface area (Å²) < 4.78 is 11.1. The summed E-state index contributed by atoms with van der Waals surface area (Å²) in [5.41, 5.74) is 1.17. The number of esters is 1. The third kappa shape index (κ3) is 7.48. The van der Waals surface area contributed by atoms with Crippen molar-refractivity contribution in [2.45, 2.75) is 86.5 Å². The Hall–Kier alpha value is -2.51. The predicted molar refractivity (Wildman–Crippen MR) is 135 cm³/mol. The van der Waals surface area contributed by atoms with Crippen molar-refractivity contribution < 1.29 is 29.0 Å². The third-order valence-electron chi connectivity index (χ3n) is 6.95. The second-order valence-corrected chi connectivity index (χ2v) is 10.6. The summed E-state index contributed by atoms with van der Waals surface area (Å²) in [5, 5.41) is 21.6. The van der Waals surface area contributed by atoms with Gasteiger partial charge in [0.15, 0.2) is 5.89 Å². The van der Waals surface area contributed by atoms with Crippen molar-refractivity contribution in [2.24, 2.45) is 23.2 Å². The van der Waals surface area contributed by atoms with Crippen molar-refractivity contribution in [3.8, 4) is 0 Å². The molecule has 0 aliphatic carbocycles. The van der Waals surface area contributed by atoms with Gasteiger partial charge in [-0.15, -0.1) is 0 Å². The van der Waals surface area contributed by atoms with Crippen molar-refractivity contribution in [3.05, 3.63) is 47.2 Å². The number of hydrogen-bond donors (Lipinski definition) is 2. The number of allylic oxidation sites excluding steroid dienone is 3. The molecule has 1 aliphatic rings. The molecular weight excluding hydrogens is 446 g/mol. The molecule has 35 heavy (non-hydrogen) atoms. The van der Waals surface area contributed by atoms with Crippen LogP contribution < -0.4 is 0 Å². The molecule has 2 N–H and O–H groups in total. The van der Waals surface area contributed by atoms with Gasteiger partial charge in [0.05, 0.1) is 24.0 Å². The van der Waals surface area contributed by atoms with Crippen LogP contribution in [0.25, 0.3) is 6.08 Å². The summed E-state index contributed by atoms with van der Waals surface area (Å²) in [6, 6.07) is 0. The number of ether oxygens (including phenoxy) is 1. The maximum atomic E-state index is 13.2. The molecule has 194 valence electrons. The summed E-state index contributed by atoms with van der Waals surface area (Å²) in [6.07, 6.45) is 6.90. The fraction of sp³-hybridized carbons (Fsp3) is 0.607. The lowest BCUT2D eigenvalue weighted by Crippen LogP contribution is -2.45. The minimum absolute atomic E-state index is 0.148. The van der Waals surface area contributed by atoms with Gasteiger partial charge in [0, 0.05) is 18.8 Å². The van der Waals surface area contributed by atoms with E-state index in [0.29, 0.717) is 18.0 Å². The zero-order chi connectivity index (χ0) is 26.5. The Morgan fingerprint density at radius 2 is 1.83 bits per heavy atom. The number of aryl methyl sites for hydroxylation is 1. The third-order valence-corrected chi connectivity index (χ3v) is 6.95. The molecule has 0 spiro atoms. The number of hydrogen-bond acceptors (Lipinski definition) is 7. The number of aliphatic hydroxyl groups is 2. The fourth-order valence-corrected chi connectivity index (χ4v) is 4.54. The van der Waals surface area contributed by atoms with Crippen LogP contribution >= 0.6 is 0 Å². The Kier molecular flexibility index (Phi) is 9.81. The van der Waals surface area contributed by atoms with E-state index in [1.165, 1.54) is 0 Å². The maximum Gasteiger partial charge on any atom is 0.309 e. The highest BCUT2D eigenvalue weighted by Gasteiger charge is 2.42. The van der Waals surface area contributed by atoms with Crippen LogP contribution in [0.5, 0.6) is 0 Å². The van der Waals surface area contributed by atoms with Gasteiger partial charge >= 0.3 is 5.97 Å². The van der Waals surface area contributed by atoms with Crippen LogP contribution in [0, 0.1) is 30.1 Å². The second-order valence-electron chi connectivity index (χ2n) is 10.6. The maximum absolute atomic E-state index is 13.2. The molecule has 7 heteroatoms. The first-order valence-electron chi connectivity index (χ1n) is 12.3. The quantitative estimate of drug-likeness (QED) is 0.576. The van der Waals surface area contributed by atoms with Crippen molar-refractivity contribution in [1.82, 2.24) is 4.98 Å². The minimum atomic E-state index is -1.25. The molecule has 0 fully saturated rings. The van der Waals surface area contributed by atoms with Crippen molar-refractivity contribution in [1.29, 1.82) is 0 Å². The lowest BCUT2D eigenvalue weighted by molar-refractivity contribution is -0.155. The highest BCUT2D eigenvalue weighted by molar-refractivity contribution is 5.88. The first-order chi connectivity index (χ1) is 16.2. The average molecular weight is 488 g/mol. The van der Waals surface area contributed by atoms with Gasteiger partial charge in [-0.3, -0.25) is 9.59 Å². The van der Waals surface area contributed by atoms with E-state index in [4.69, 9.17) is 9.15 Å². The van der Waals surface area contributed by atoms with Gasteiger partial charge in [-0.1, -0.05) is 58.4 Å². The Labute approximate surface area is 209 Å². The second kappa shape index (κ2) is 12.0. The fourth-order valence-electron chi connectivity index (χ4n) is 4.54. The molecule has 2 heterocycles. The zero-order valence-corrected chi connectivity index (χ0v) is 22.2.